The Morgan fingerprint density at radius 1 is 1.32 bits per heavy atom. The summed E-state index contributed by atoms with van der Waals surface area (Å²) < 4.78 is 0. The van der Waals surface area contributed by atoms with Crippen LogP contribution in [0.15, 0.2) is 24.5 Å². The van der Waals surface area contributed by atoms with E-state index in [-0.39, 0.29) is 27.6 Å². The summed E-state index contributed by atoms with van der Waals surface area (Å²) in [6.45, 7) is 0.351. The minimum absolute atomic E-state index is 0.157. The molecule has 7 nitrogen and oxygen atoms in total. The predicted molar refractivity (Wildman–Crippen MR) is 96.4 cm³/mol. The number of aromatic amines is 1. The molecule has 0 radical (unpaired) electrons. The van der Waals surface area contributed by atoms with Gasteiger partial charge in [0.15, 0.2) is 11.5 Å². The lowest BCUT2D eigenvalue weighted by molar-refractivity contribution is 0.0945. The van der Waals surface area contributed by atoms with E-state index in [1.807, 2.05) is 0 Å². The van der Waals surface area contributed by atoms with Gasteiger partial charge in [-0.05, 0) is 12.1 Å². The van der Waals surface area contributed by atoms with E-state index in [1.165, 1.54) is 6.20 Å². The number of carbonyl (C=O) groups excluding carboxylic acids is 1. The summed E-state index contributed by atoms with van der Waals surface area (Å²) in [6.07, 6.45) is 3.49. The Kier molecular flexibility index (Phi) is 5.03. The second-order valence-electron chi connectivity index (χ2n) is 4.95. The quantitative estimate of drug-likeness (QED) is 0.481. The summed E-state index contributed by atoms with van der Waals surface area (Å²) in [5, 5.41) is 3.17. The lowest BCUT2D eigenvalue weighted by atomic mass is 10.2. The van der Waals surface area contributed by atoms with Crippen LogP contribution in [-0.2, 0) is 0 Å². The normalized spacial score (nSPS) is 10.3. The van der Waals surface area contributed by atoms with Gasteiger partial charge >= 0.3 is 0 Å². The molecule has 0 aliphatic carbocycles. The van der Waals surface area contributed by atoms with Crippen molar-refractivity contribution in [2.75, 3.05) is 12.3 Å². The van der Waals surface area contributed by atoms with Gasteiger partial charge in [0.2, 0.25) is 0 Å². The molecule has 25 heavy (non-hydrogen) atoms. The molecule has 0 bridgehead atoms. The van der Waals surface area contributed by atoms with Crippen molar-refractivity contribution in [2.45, 2.75) is 6.42 Å². The maximum atomic E-state index is 12.0. The fraction of sp³-hybridized carbons (Fsp3) is 0.125. The molecule has 0 aliphatic rings. The molecule has 3 aromatic heterocycles. The van der Waals surface area contributed by atoms with Crippen molar-refractivity contribution in [3.8, 4) is 11.8 Å². The predicted octanol–water partition coefficient (Wildman–Crippen LogP) is 2.41. The average Bonchev–Trinajstić information content (AvgIpc) is 3.05. The number of rotatable bonds is 3. The Labute approximate surface area is 153 Å². The van der Waals surface area contributed by atoms with Gasteiger partial charge < -0.3 is 16.0 Å². The molecule has 4 N–H and O–H groups in total. The SMILES string of the molecule is Nc1ncc(C#CCCNC(=O)c2nc3ncccc3[nH]2)c(Cl)c1Cl. The highest BCUT2D eigenvalue weighted by Gasteiger charge is 2.11. The zero-order valence-corrected chi connectivity index (χ0v) is 14.3. The monoisotopic (exact) mass is 374 g/mol. The summed E-state index contributed by atoms with van der Waals surface area (Å²) in [7, 11) is 0. The number of H-pyrrole nitrogens is 1. The number of hydrogen-bond donors (Lipinski definition) is 3. The maximum absolute atomic E-state index is 12.0. The molecular formula is C16H12Cl2N6O. The Morgan fingerprint density at radius 3 is 2.96 bits per heavy atom. The minimum atomic E-state index is -0.324. The zero-order valence-electron chi connectivity index (χ0n) is 12.8. The summed E-state index contributed by atoms with van der Waals surface area (Å²) in [4.78, 5) is 27.0. The Balaban J connectivity index is 1.57. The molecular weight excluding hydrogens is 363 g/mol. The van der Waals surface area contributed by atoms with Crippen molar-refractivity contribution in [1.29, 1.82) is 0 Å². The molecule has 3 aromatic rings. The molecule has 3 heterocycles. The average molecular weight is 375 g/mol. The van der Waals surface area contributed by atoms with Gasteiger partial charge in [-0.2, -0.15) is 0 Å². The van der Waals surface area contributed by atoms with Gasteiger partial charge in [-0.1, -0.05) is 35.0 Å². The number of anilines is 1. The van der Waals surface area contributed by atoms with Crippen LogP contribution in [0.4, 0.5) is 5.82 Å². The summed E-state index contributed by atoms with van der Waals surface area (Å²) in [5.74, 6) is 5.78. The third-order valence-corrected chi connectivity index (χ3v) is 4.09. The Hall–Kier alpha value is -2.82. The third-order valence-electron chi connectivity index (χ3n) is 3.22. The molecule has 0 fully saturated rings. The maximum Gasteiger partial charge on any atom is 0.287 e. The third kappa shape index (κ3) is 3.82. The Bertz CT molecular complexity index is 972. The summed E-state index contributed by atoms with van der Waals surface area (Å²) in [6, 6.07) is 3.56. The largest absolute Gasteiger partial charge is 0.382 e. The minimum Gasteiger partial charge on any atom is -0.382 e. The molecule has 0 atom stereocenters. The lowest BCUT2D eigenvalue weighted by Crippen LogP contribution is -2.25. The van der Waals surface area contributed by atoms with E-state index in [1.54, 1.807) is 18.3 Å². The van der Waals surface area contributed by atoms with Crippen LogP contribution in [0.1, 0.15) is 22.6 Å². The van der Waals surface area contributed by atoms with Crippen molar-refractivity contribution < 1.29 is 4.79 Å². The zero-order chi connectivity index (χ0) is 17.8. The van der Waals surface area contributed by atoms with Gasteiger partial charge in [0.1, 0.15) is 10.8 Å². The van der Waals surface area contributed by atoms with Crippen LogP contribution in [0.2, 0.25) is 10.0 Å². The van der Waals surface area contributed by atoms with E-state index in [0.29, 0.717) is 29.7 Å². The number of carbonyl (C=O) groups is 1. The number of fused-ring (bicyclic) bond motifs is 1. The number of aromatic nitrogens is 4. The fourth-order valence-electron chi connectivity index (χ4n) is 2.00. The number of nitrogens with two attached hydrogens (primary N) is 1. The molecule has 0 aromatic carbocycles. The number of imidazole rings is 1. The number of halogens is 2. The van der Waals surface area contributed by atoms with Crippen LogP contribution in [0.3, 0.4) is 0 Å². The van der Waals surface area contributed by atoms with Crippen LogP contribution in [0, 0.1) is 11.8 Å². The molecule has 9 heteroatoms. The molecule has 0 aliphatic heterocycles. The van der Waals surface area contributed by atoms with Crippen LogP contribution >= 0.6 is 23.2 Å². The van der Waals surface area contributed by atoms with Gasteiger partial charge in [-0.15, -0.1) is 0 Å². The first-order valence-electron chi connectivity index (χ1n) is 7.23. The first-order chi connectivity index (χ1) is 12.1. The molecule has 0 unspecified atom stereocenters. The van der Waals surface area contributed by atoms with Gasteiger partial charge in [-0.25, -0.2) is 15.0 Å². The van der Waals surface area contributed by atoms with Gasteiger partial charge in [0, 0.05) is 25.4 Å². The molecule has 3 rings (SSSR count). The molecule has 0 saturated heterocycles. The fourth-order valence-corrected chi connectivity index (χ4v) is 2.34. The molecule has 0 spiro atoms. The topological polar surface area (TPSA) is 110 Å². The highest BCUT2D eigenvalue weighted by Crippen LogP contribution is 2.28. The number of amides is 1. The van der Waals surface area contributed by atoms with E-state index in [4.69, 9.17) is 28.9 Å². The van der Waals surface area contributed by atoms with Crippen molar-refractivity contribution >= 4 is 46.1 Å². The molecule has 0 saturated carbocycles. The molecule has 126 valence electrons. The number of nitrogens with zero attached hydrogens (tertiary/aromatic N) is 3. The van der Waals surface area contributed by atoms with Crippen LogP contribution in [0.5, 0.6) is 0 Å². The number of pyridine rings is 2. The smallest absolute Gasteiger partial charge is 0.287 e. The number of nitrogens with one attached hydrogen (secondary N) is 2. The van der Waals surface area contributed by atoms with Crippen LogP contribution in [-0.4, -0.2) is 32.4 Å². The highest BCUT2D eigenvalue weighted by molar-refractivity contribution is 6.44. The van der Waals surface area contributed by atoms with E-state index < -0.39 is 0 Å². The van der Waals surface area contributed by atoms with Crippen molar-refractivity contribution in [2.24, 2.45) is 0 Å². The highest BCUT2D eigenvalue weighted by atomic mass is 35.5. The summed E-state index contributed by atoms with van der Waals surface area (Å²) in [5.41, 5.74) is 7.23. The standard InChI is InChI=1S/C16H12Cl2N6O/c17-11-9(8-22-13(19)12(11)18)4-1-2-6-21-16(25)15-23-10-5-3-7-20-14(10)24-15/h3,5,7-8H,2,6H2,(H2,19,22)(H,21,25)(H,20,23,24). The number of nitrogen functional groups attached to an aromatic ring is 1. The van der Waals surface area contributed by atoms with Crippen molar-refractivity contribution in [3.05, 3.63) is 46.0 Å². The van der Waals surface area contributed by atoms with Gasteiger partial charge in [0.25, 0.3) is 5.91 Å². The van der Waals surface area contributed by atoms with E-state index in [2.05, 4.69) is 37.1 Å². The first kappa shape index (κ1) is 17.0. The van der Waals surface area contributed by atoms with E-state index in [0.717, 1.165) is 0 Å². The second kappa shape index (κ2) is 7.38. The first-order valence-corrected chi connectivity index (χ1v) is 7.99. The Morgan fingerprint density at radius 2 is 2.16 bits per heavy atom. The van der Waals surface area contributed by atoms with E-state index >= 15 is 0 Å². The van der Waals surface area contributed by atoms with Gasteiger partial charge in [0.05, 0.1) is 16.1 Å². The van der Waals surface area contributed by atoms with Crippen LogP contribution < -0.4 is 11.1 Å². The van der Waals surface area contributed by atoms with Crippen LogP contribution in [0.25, 0.3) is 11.2 Å². The van der Waals surface area contributed by atoms with E-state index in [9.17, 15) is 4.79 Å². The molecule has 1 amide bonds. The number of hydrogen-bond acceptors (Lipinski definition) is 5. The lowest BCUT2D eigenvalue weighted by Gasteiger charge is -2.01. The van der Waals surface area contributed by atoms with Crippen molar-refractivity contribution in [3.63, 3.8) is 0 Å². The van der Waals surface area contributed by atoms with Gasteiger partial charge in [-0.3, -0.25) is 4.79 Å². The summed E-state index contributed by atoms with van der Waals surface area (Å²) >= 11 is 11.9. The van der Waals surface area contributed by atoms with Crippen molar-refractivity contribution in [1.82, 2.24) is 25.3 Å². The second-order valence-corrected chi connectivity index (χ2v) is 5.71.